The molecule has 0 aliphatic carbocycles. The largest absolute Gasteiger partial charge is 0.334 e. The van der Waals surface area contributed by atoms with Gasteiger partial charge in [-0.25, -0.2) is 4.79 Å². The molecule has 0 unspecified atom stereocenters. The molecule has 1 aliphatic rings. The fourth-order valence-corrected chi connectivity index (χ4v) is 3.33. The van der Waals surface area contributed by atoms with Crippen molar-refractivity contribution in [1.82, 2.24) is 10.6 Å². The summed E-state index contributed by atoms with van der Waals surface area (Å²) < 4.78 is 0. The van der Waals surface area contributed by atoms with Crippen LogP contribution >= 0.6 is 0 Å². The van der Waals surface area contributed by atoms with Gasteiger partial charge in [0.1, 0.15) is 6.04 Å². The molecule has 0 saturated carbocycles. The van der Waals surface area contributed by atoms with Crippen LogP contribution in [0.1, 0.15) is 30.5 Å². The van der Waals surface area contributed by atoms with E-state index in [-0.39, 0.29) is 17.9 Å². The molecule has 3 rings (SSSR count). The van der Waals surface area contributed by atoms with Crippen molar-refractivity contribution >= 4 is 17.6 Å². The molecule has 2 aromatic rings. The number of fused-ring (bicyclic) bond motifs is 1. The zero-order valence-electron chi connectivity index (χ0n) is 16.2. The number of urea groups is 1. The Labute approximate surface area is 160 Å². The second-order valence-electron chi connectivity index (χ2n) is 7.40. The molecule has 5 nitrogen and oxygen atoms in total. The number of rotatable bonds is 5. The highest BCUT2D eigenvalue weighted by Gasteiger charge is 2.32. The Balaban J connectivity index is 1.62. The molecule has 0 spiro atoms. The molecular weight excluding hydrogens is 338 g/mol. The first-order chi connectivity index (χ1) is 13.0. The van der Waals surface area contributed by atoms with Crippen LogP contribution in [-0.4, -0.2) is 24.5 Å². The maximum Gasteiger partial charge on any atom is 0.315 e. The van der Waals surface area contributed by atoms with Crippen LogP contribution in [-0.2, 0) is 17.8 Å². The van der Waals surface area contributed by atoms with Crippen molar-refractivity contribution in [2.75, 3.05) is 11.4 Å². The van der Waals surface area contributed by atoms with E-state index in [1.165, 1.54) is 11.1 Å². The summed E-state index contributed by atoms with van der Waals surface area (Å²) in [6.45, 7) is 7.01. The van der Waals surface area contributed by atoms with E-state index in [1.54, 1.807) is 4.90 Å². The minimum atomic E-state index is -0.561. The Hall–Kier alpha value is -2.82. The van der Waals surface area contributed by atoms with Crippen LogP contribution in [0.5, 0.6) is 0 Å². The van der Waals surface area contributed by atoms with Gasteiger partial charge >= 0.3 is 6.03 Å². The summed E-state index contributed by atoms with van der Waals surface area (Å²) in [7, 11) is 0. The van der Waals surface area contributed by atoms with Gasteiger partial charge in [-0.15, -0.1) is 0 Å². The Bertz CT molecular complexity index is 815. The van der Waals surface area contributed by atoms with Gasteiger partial charge in [0.2, 0.25) is 5.91 Å². The van der Waals surface area contributed by atoms with Crippen LogP contribution in [0.4, 0.5) is 10.5 Å². The average molecular weight is 365 g/mol. The topological polar surface area (TPSA) is 61.4 Å². The maximum absolute atomic E-state index is 13.1. The Morgan fingerprint density at radius 2 is 1.78 bits per heavy atom. The lowest BCUT2D eigenvalue weighted by molar-refractivity contribution is -0.121. The van der Waals surface area contributed by atoms with Gasteiger partial charge in [0.05, 0.1) is 0 Å². The molecule has 3 amide bonds. The van der Waals surface area contributed by atoms with E-state index in [0.717, 1.165) is 17.7 Å². The molecule has 0 radical (unpaired) electrons. The third-order valence-corrected chi connectivity index (χ3v) is 4.95. The second kappa shape index (κ2) is 8.25. The standard InChI is InChI=1S/C22H27N3O2/c1-15(2)20(21(26)25-13-12-18-6-4-5-7-19(18)25)24-22(27)23-14-17-10-8-16(3)9-11-17/h4-11,15,20H,12-14H2,1-3H3,(H2,23,24,27)/t20-/m1/s1. The first-order valence-corrected chi connectivity index (χ1v) is 9.45. The highest BCUT2D eigenvalue weighted by Crippen LogP contribution is 2.28. The first-order valence-electron chi connectivity index (χ1n) is 9.45. The quantitative estimate of drug-likeness (QED) is 0.853. The molecule has 1 heterocycles. The Kier molecular flexibility index (Phi) is 5.79. The zero-order chi connectivity index (χ0) is 19.4. The van der Waals surface area contributed by atoms with E-state index in [2.05, 4.69) is 16.7 Å². The highest BCUT2D eigenvalue weighted by molar-refractivity contribution is 6.00. The molecule has 2 N–H and O–H groups in total. The minimum absolute atomic E-state index is 0.00427. The van der Waals surface area contributed by atoms with E-state index < -0.39 is 6.04 Å². The van der Waals surface area contributed by atoms with Crippen molar-refractivity contribution in [3.05, 3.63) is 65.2 Å². The number of para-hydroxylation sites is 1. The Morgan fingerprint density at radius 3 is 2.48 bits per heavy atom. The Morgan fingerprint density at radius 1 is 1.07 bits per heavy atom. The number of hydrogen-bond donors (Lipinski definition) is 2. The number of nitrogens with zero attached hydrogens (tertiary/aromatic N) is 1. The van der Waals surface area contributed by atoms with Gasteiger partial charge < -0.3 is 15.5 Å². The molecule has 0 bridgehead atoms. The smallest absolute Gasteiger partial charge is 0.315 e. The van der Waals surface area contributed by atoms with Gasteiger partial charge in [-0.2, -0.15) is 0 Å². The van der Waals surface area contributed by atoms with Crippen molar-refractivity contribution < 1.29 is 9.59 Å². The van der Waals surface area contributed by atoms with Crippen LogP contribution in [0.15, 0.2) is 48.5 Å². The van der Waals surface area contributed by atoms with Crippen molar-refractivity contribution in [1.29, 1.82) is 0 Å². The predicted molar refractivity (Wildman–Crippen MR) is 108 cm³/mol. The van der Waals surface area contributed by atoms with E-state index in [9.17, 15) is 9.59 Å². The third-order valence-electron chi connectivity index (χ3n) is 4.95. The van der Waals surface area contributed by atoms with Crippen LogP contribution in [0, 0.1) is 12.8 Å². The number of aryl methyl sites for hydroxylation is 1. The number of carbonyl (C=O) groups excluding carboxylic acids is 2. The summed E-state index contributed by atoms with van der Waals surface area (Å²) in [4.78, 5) is 27.2. The predicted octanol–water partition coefficient (Wildman–Crippen LogP) is 3.41. The van der Waals surface area contributed by atoms with Crippen LogP contribution in [0.3, 0.4) is 0 Å². The van der Waals surface area contributed by atoms with Crippen LogP contribution < -0.4 is 15.5 Å². The summed E-state index contributed by atoms with van der Waals surface area (Å²) in [6.07, 6.45) is 0.854. The summed E-state index contributed by atoms with van der Waals surface area (Å²) in [6, 6.07) is 15.1. The number of benzene rings is 2. The molecule has 5 heteroatoms. The zero-order valence-corrected chi connectivity index (χ0v) is 16.2. The van der Waals surface area contributed by atoms with Gasteiger partial charge in [0.25, 0.3) is 0 Å². The lowest BCUT2D eigenvalue weighted by atomic mass is 10.0. The number of carbonyl (C=O) groups is 2. The average Bonchev–Trinajstić information content (AvgIpc) is 3.09. The molecule has 0 fully saturated rings. The lowest BCUT2D eigenvalue weighted by Crippen LogP contribution is -2.53. The van der Waals surface area contributed by atoms with Crippen LogP contribution in [0.2, 0.25) is 0 Å². The highest BCUT2D eigenvalue weighted by atomic mass is 16.2. The molecular formula is C22H27N3O2. The summed E-state index contributed by atoms with van der Waals surface area (Å²) in [5.41, 5.74) is 4.34. The SMILES string of the molecule is Cc1ccc(CNC(=O)N[C@@H](C(=O)N2CCc3ccccc32)C(C)C)cc1. The third kappa shape index (κ3) is 4.48. The molecule has 1 atom stereocenters. The molecule has 0 saturated heterocycles. The van der Waals surface area contributed by atoms with Crippen molar-refractivity contribution in [3.63, 3.8) is 0 Å². The van der Waals surface area contributed by atoms with Gasteiger partial charge in [0, 0.05) is 18.8 Å². The summed E-state index contributed by atoms with van der Waals surface area (Å²) in [5.74, 6) is -0.0594. The molecule has 1 aliphatic heterocycles. The van der Waals surface area contributed by atoms with Crippen LogP contribution in [0.25, 0.3) is 0 Å². The number of amides is 3. The summed E-state index contributed by atoms with van der Waals surface area (Å²) in [5, 5.41) is 5.71. The minimum Gasteiger partial charge on any atom is -0.334 e. The monoisotopic (exact) mass is 365 g/mol. The molecule has 2 aromatic carbocycles. The van der Waals surface area contributed by atoms with E-state index in [4.69, 9.17) is 0 Å². The first kappa shape index (κ1) is 19.0. The van der Waals surface area contributed by atoms with Gasteiger partial charge in [-0.1, -0.05) is 61.9 Å². The molecule has 142 valence electrons. The normalized spacial score (nSPS) is 14.0. The van der Waals surface area contributed by atoms with E-state index in [1.807, 2.05) is 63.2 Å². The van der Waals surface area contributed by atoms with Gasteiger partial charge in [-0.05, 0) is 36.5 Å². The van der Waals surface area contributed by atoms with E-state index >= 15 is 0 Å². The van der Waals surface area contributed by atoms with Crippen molar-refractivity contribution in [3.8, 4) is 0 Å². The van der Waals surface area contributed by atoms with Gasteiger partial charge in [0.15, 0.2) is 0 Å². The maximum atomic E-state index is 13.1. The number of anilines is 1. The van der Waals surface area contributed by atoms with Gasteiger partial charge in [-0.3, -0.25) is 4.79 Å². The number of nitrogens with one attached hydrogen (secondary N) is 2. The van der Waals surface area contributed by atoms with Crippen molar-refractivity contribution in [2.45, 2.75) is 39.8 Å². The van der Waals surface area contributed by atoms with Crippen molar-refractivity contribution in [2.24, 2.45) is 5.92 Å². The molecule has 27 heavy (non-hydrogen) atoms. The number of hydrogen-bond acceptors (Lipinski definition) is 2. The summed E-state index contributed by atoms with van der Waals surface area (Å²) >= 11 is 0. The van der Waals surface area contributed by atoms with E-state index in [0.29, 0.717) is 13.1 Å². The molecule has 0 aromatic heterocycles. The second-order valence-corrected chi connectivity index (χ2v) is 7.40. The fraction of sp³-hybridized carbons (Fsp3) is 0.364. The fourth-order valence-electron chi connectivity index (χ4n) is 3.33. The lowest BCUT2D eigenvalue weighted by Gasteiger charge is -2.27.